The van der Waals surface area contributed by atoms with Crippen molar-refractivity contribution in [2.24, 2.45) is 5.41 Å². The molecule has 3 nitrogen and oxygen atoms in total. The molecule has 2 atom stereocenters. The molecule has 1 heterocycles. The Hall–Kier alpha value is -0.120. The maximum absolute atomic E-state index is 10.00. The summed E-state index contributed by atoms with van der Waals surface area (Å²) in [4.78, 5) is 2.38. The van der Waals surface area contributed by atoms with Crippen LogP contribution in [0.15, 0.2) is 0 Å². The van der Waals surface area contributed by atoms with Crippen LogP contribution in [0.25, 0.3) is 0 Å². The zero-order valence-electron chi connectivity index (χ0n) is 11.4. The van der Waals surface area contributed by atoms with Gasteiger partial charge in [-0.05, 0) is 50.6 Å². The first-order chi connectivity index (χ1) is 8.05. The molecule has 17 heavy (non-hydrogen) atoms. The highest BCUT2D eigenvalue weighted by Gasteiger charge is 2.30. The summed E-state index contributed by atoms with van der Waals surface area (Å²) in [6.45, 7) is 8.64. The second-order valence-corrected chi connectivity index (χ2v) is 6.67. The third-order valence-electron chi connectivity index (χ3n) is 4.28. The first-order valence-corrected chi connectivity index (χ1v) is 7.19. The summed E-state index contributed by atoms with van der Waals surface area (Å²) in [5.74, 6) is 0. The quantitative estimate of drug-likeness (QED) is 0.766. The van der Waals surface area contributed by atoms with Gasteiger partial charge in [0.25, 0.3) is 0 Å². The largest absolute Gasteiger partial charge is 0.390 e. The monoisotopic (exact) mass is 240 g/mol. The van der Waals surface area contributed by atoms with E-state index < -0.39 is 0 Å². The number of likely N-dealkylation sites (tertiary alicyclic amines) is 1. The van der Waals surface area contributed by atoms with Gasteiger partial charge in [0.1, 0.15) is 0 Å². The SMILES string of the molecule is CC1(C)CCC(NCC(O)CN2CCCC2)C1. The lowest BCUT2D eigenvalue weighted by Gasteiger charge is -2.22. The van der Waals surface area contributed by atoms with Gasteiger partial charge in [-0.25, -0.2) is 0 Å². The molecule has 1 aliphatic carbocycles. The third-order valence-corrected chi connectivity index (χ3v) is 4.28. The van der Waals surface area contributed by atoms with Gasteiger partial charge in [0.15, 0.2) is 0 Å². The van der Waals surface area contributed by atoms with Gasteiger partial charge < -0.3 is 15.3 Å². The zero-order valence-corrected chi connectivity index (χ0v) is 11.4. The van der Waals surface area contributed by atoms with E-state index in [9.17, 15) is 5.11 Å². The van der Waals surface area contributed by atoms with Gasteiger partial charge in [0.2, 0.25) is 0 Å². The van der Waals surface area contributed by atoms with Crippen LogP contribution in [0.1, 0.15) is 46.0 Å². The maximum Gasteiger partial charge on any atom is 0.0791 e. The molecular weight excluding hydrogens is 212 g/mol. The van der Waals surface area contributed by atoms with E-state index in [1.54, 1.807) is 0 Å². The first kappa shape index (κ1) is 13.3. The number of hydrogen-bond acceptors (Lipinski definition) is 3. The fourth-order valence-electron chi connectivity index (χ4n) is 3.24. The van der Waals surface area contributed by atoms with Gasteiger partial charge in [-0.1, -0.05) is 13.8 Å². The van der Waals surface area contributed by atoms with Crippen molar-refractivity contribution in [3.05, 3.63) is 0 Å². The molecule has 0 bridgehead atoms. The van der Waals surface area contributed by atoms with Gasteiger partial charge in [-0.15, -0.1) is 0 Å². The molecule has 2 N–H and O–H groups in total. The average molecular weight is 240 g/mol. The van der Waals surface area contributed by atoms with E-state index in [1.807, 2.05) is 0 Å². The second kappa shape index (κ2) is 5.68. The normalized spacial score (nSPS) is 30.9. The molecular formula is C14H28N2O. The van der Waals surface area contributed by atoms with E-state index in [0.717, 1.165) is 13.1 Å². The van der Waals surface area contributed by atoms with E-state index in [2.05, 4.69) is 24.1 Å². The van der Waals surface area contributed by atoms with Crippen LogP contribution in [-0.2, 0) is 0 Å². The lowest BCUT2D eigenvalue weighted by atomic mass is 9.92. The van der Waals surface area contributed by atoms with Crippen molar-refractivity contribution in [1.82, 2.24) is 10.2 Å². The molecule has 2 aliphatic rings. The number of nitrogens with one attached hydrogen (secondary N) is 1. The maximum atomic E-state index is 10.00. The molecule has 1 aliphatic heterocycles. The number of nitrogens with zero attached hydrogens (tertiary/aromatic N) is 1. The van der Waals surface area contributed by atoms with Gasteiger partial charge in [0, 0.05) is 19.1 Å². The minimum atomic E-state index is -0.197. The Balaban J connectivity index is 1.61. The van der Waals surface area contributed by atoms with Crippen LogP contribution in [0.3, 0.4) is 0 Å². The Morgan fingerprint density at radius 1 is 1.35 bits per heavy atom. The van der Waals surface area contributed by atoms with Crippen molar-refractivity contribution in [3.63, 3.8) is 0 Å². The fourth-order valence-corrected chi connectivity index (χ4v) is 3.24. The Kier molecular flexibility index (Phi) is 4.45. The molecule has 2 unspecified atom stereocenters. The first-order valence-electron chi connectivity index (χ1n) is 7.19. The number of aliphatic hydroxyl groups is 1. The lowest BCUT2D eigenvalue weighted by molar-refractivity contribution is 0.120. The van der Waals surface area contributed by atoms with Crippen molar-refractivity contribution in [3.8, 4) is 0 Å². The van der Waals surface area contributed by atoms with Crippen molar-refractivity contribution < 1.29 is 5.11 Å². The highest BCUT2D eigenvalue weighted by atomic mass is 16.3. The molecule has 0 aromatic carbocycles. The Morgan fingerprint density at radius 2 is 2.06 bits per heavy atom. The standard InChI is InChI=1S/C14H28N2O/c1-14(2)6-5-12(9-14)15-10-13(17)11-16-7-3-4-8-16/h12-13,15,17H,3-11H2,1-2H3. The molecule has 0 amide bonds. The van der Waals surface area contributed by atoms with Gasteiger partial charge in [-0.2, -0.15) is 0 Å². The van der Waals surface area contributed by atoms with E-state index >= 15 is 0 Å². The molecule has 0 aromatic rings. The Bertz CT molecular complexity index is 236. The van der Waals surface area contributed by atoms with Gasteiger partial charge >= 0.3 is 0 Å². The van der Waals surface area contributed by atoms with Crippen LogP contribution in [-0.4, -0.2) is 48.3 Å². The summed E-state index contributed by atoms with van der Waals surface area (Å²) >= 11 is 0. The number of β-amino-alcohol motifs (C(OH)–C–C–N with tert-alkyl or cyclic N) is 1. The molecule has 100 valence electrons. The molecule has 2 fully saturated rings. The summed E-state index contributed by atoms with van der Waals surface area (Å²) in [5, 5.41) is 13.5. The van der Waals surface area contributed by atoms with E-state index in [4.69, 9.17) is 0 Å². The average Bonchev–Trinajstić information content (AvgIpc) is 2.85. The Morgan fingerprint density at radius 3 is 2.65 bits per heavy atom. The highest BCUT2D eigenvalue weighted by molar-refractivity contribution is 4.87. The van der Waals surface area contributed by atoms with Crippen molar-refractivity contribution in [1.29, 1.82) is 0 Å². The van der Waals surface area contributed by atoms with Crippen molar-refractivity contribution in [2.75, 3.05) is 26.2 Å². The van der Waals surface area contributed by atoms with E-state index in [0.29, 0.717) is 11.5 Å². The fraction of sp³-hybridized carbons (Fsp3) is 1.00. The van der Waals surface area contributed by atoms with Crippen LogP contribution < -0.4 is 5.32 Å². The molecule has 1 saturated heterocycles. The molecule has 0 spiro atoms. The number of rotatable bonds is 5. The molecule has 0 aromatic heterocycles. The highest BCUT2D eigenvalue weighted by Crippen LogP contribution is 2.36. The number of aliphatic hydroxyl groups excluding tert-OH is 1. The van der Waals surface area contributed by atoms with Crippen molar-refractivity contribution >= 4 is 0 Å². The molecule has 2 rings (SSSR count). The second-order valence-electron chi connectivity index (χ2n) is 6.67. The van der Waals surface area contributed by atoms with E-state index in [1.165, 1.54) is 45.2 Å². The van der Waals surface area contributed by atoms with Gasteiger partial charge in [-0.3, -0.25) is 0 Å². The molecule has 0 radical (unpaired) electrons. The van der Waals surface area contributed by atoms with Crippen LogP contribution in [0.5, 0.6) is 0 Å². The minimum absolute atomic E-state index is 0.197. The molecule has 3 heteroatoms. The lowest BCUT2D eigenvalue weighted by Crippen LogP contribution is -2.40. The summed E-state index contributed by atoms with van der Waals surface area (Å²) in [7, 11) is 0. The van der Waals surface area contributed by atoms with Crippen molar-refractivity contribution in [2.45, 2.75) is 58.1 Å². The summed E-state index contributed by atoms with van der Waals surface area (Å²) in [6, 6.07) is 0.623. The predicted octanol–water partition coefficient (Wildman–Crippen LogP) is 1.61. The summed E-state index contributed by atoms with van der Waals surface area (Å²) in [5.41, 5.74) is 0.498. The smallest absolute Gasteiger partial charge is 0.0791 e. The third kappa shape index (κ3) is 4.23. The topological polar surface area (TPSA) is 35.5 Å². The Labute approximate surface area is 106 Å². The number of hydrogen-bond donors (Lipinski definition) is 2. The van der Waals surface area contributed by atoms with Crippen LogP contribution >= 0.6 is 0 Å². The molecule has 1 saturated carbocycles. The minimum Gasteiger partial charge on any atom is -0.390 e. The van der Waals surface area contributed by atoms with Crippen LogP contribution in [0, 0.1) is 5.41 Å². The van der Waals surface area contributed by atoms with Gasteiger partial charge in [0.05, 0.1) is 6.10 Å². The van der Waals surface area contributed by atoms with Crippen LogP contribution in [0.4, 0.5) is 0 Å². The zero-order chi connectivity index (χ0) is 12.3. The predicted molar refractivity (Wildman–Crippen MR) is 71.1 cm³/mol. The van der Waals surface area contributed by atoms with Crippen LogP contribution in [0.2, 0.25) is 0 Å². The summed E-state index contributed by atoms with van der Waals surface area (Å²) < 4.78 is 0. The summed E-state index contributed by atoms with van der Waals surface area (Å²) in [6.07, 6.45) is 6.24. The van der Waals surface area contributed by atoms with E-state index in [-0.39, 0.29) is 6.10 Å².